The number of carbonyl (C=O) groups is 2. The summed E-state index contributed by atoms with van der Waals surface area (Å²) >= 11 is 1.31. The molecule has 150 valence electrons. The van der Waals surface area contributed by atoms with Gasteiger partial charge in [-0.2, -0.15) is 0 Å². The highest BCUT2D eigenvalue weighted by Gasteiger charge is 2.22. The molecule has 0 aliphatic heterocycles. The molecule has 1 amide bonds. The van der Waals surface area contributed by atoms with Crippen LogP contribution in [0, 0.1) is 6.92 Å². The van der Waals surface area contributed by atoms with Crippen LogP contribution in [-0.2, 0) is 10.0 Å². The lowest BCUT2D eigenvalue weighted by Crippen LogP contribution is -2.23. The largest absolute Gasteiger partial charge is 0.322 e. The van der Waals surface area contributed by atoms with Gasteiger partial charge in [0, 0.05) is 25.3 Å². The number of thiophene rings is 1. The zero-order valence-corrected chi connectivity index (χ0v) is 17.8. The molecule has 3 aromatic rings. The molecule has 0 bridgehead atoms. The Bertz CT molecular complexity index is 1170. The second-order valence-electron chi connectivity index (χ2n) is 6.57. The fourth-order valence-corrected chi connectivity index (χ4v) is 4.59. The summed E-state index contributed by atoms with van der Waals surface area (Å²) in [4.78, 5) is 26.3. The van der Waals surface area contributed by atoms with E-state index in [9.17, 15) is 18.0 Å². The summed E-state index contributed by atoms with van der Waals surface area (Å²) in [7, 11) is -0.751. The van der Waals surface area contributed by atoms with Gasteiger partial charge in [-0.25, -0.2) is 12.7 Å². The minimum absolute atomic E-state index is 0.114. The first-order chi connectivity index (χ1) is 13.7. The monoisotopic (exact) mass is 428 g/mol. The number of benzene rings is 2. The molecular formula is C21H20N2O4S2. The van der Waals surface area contributed by atoms with Crippen molar-refractivity contribution < 1.29 is 18.0 Å². The van der Waals surface area contributed by atoms with E-state index >= 15 is 0 Å². The van der Waals surface area contributed by atoms with Crippen LogP contribution in [0.2, 0.25) is 0 Å². The average Bonchev–Trinajstić information content (AvgIpc) is 3.23. The second-order valence-corrected chi connectivity index (χ2v) is 9.64. The normalized spacial score (nSPS) is 11.4. The van der Waals surface area contributed by atoms with Crippen molar-refractivity contribution in [1.82, 2.24) is 4.31 Å². The summed E-state index contributed by atoms with van der Waals surface area (Å²) in [5.74, 6) is -0.715. The highest BCUT2D eigenvalue weighted by molar-refractivity contribution is 7.89. The van der Waals surface area contributed by atoms with E-state index in [1.807, 2.05) is 0 Å². The van der Waals surface area contributed by atoms with Crippen LogP contribution in [0.15, 0.2) is 64.9 Å². The molecule has 29 heavy (non-hydrogen) atoms. The third kappa shape index (κ3) is 4.29. The summed E-state index contributed by atoms with van der Waals surface area (Å²) in [6.45, 7) is 1.69. The number of nitrogens with one attached hydrogen (secondary N) is 1. The predicted molar refractivity (Wildman–Crippen MR) is 114 cm³/mol. The minimum Gasteiger partial charge on any atom is -0.322 e. The van der Waals surface area contributed by atoms with E-state index < -0.39 is 15.9 Å². The number of hydrogen-bond donors (Lipinski definition) is 1. The molecule has 1 N–H and O–H groups in total. The van der Waals surface area contributed by atoms with Crippen molar-refractivity contribution in [3.05, 3.63) is 81.5 Å². The average molecular weight is 429 g/mol. The molecule has 2 aromatic carbocycles. The van der Waals surface area contributed by atoms with Gasteiger partial charge in [0.15, 0.2) is 0 Å². The van der Waals surface area contributed by atoms with Crippen LogP contribution in [-0.4, -0.2) is 38.5 Å². The fraction of sp³-hybridized carbons (Fsp3) is 0.143. The number of sulfonamides is 1. The lowest BCUT2D eigenvalue weighted by molar-refractivity contribution is 0.0997. The van der Waals surface area contributed by atoms with Crippen molar-refractivity contribution in [2.24, 2.45) is 0 Å². The Morgan fingerprint density at radius 2 is 1.66 bits per heavy atom. The predicted octanol–water partition coefficient (Wildman–Crippen LogP) is 3.79. The van der Waals surface area contributed by atoms with E-state index in [1.54, 1.807) is 60.8 Å². The molecule has 0 atom stereocenters. The molecule has 1 heterocycles. The van der Waals surface area contributed by atoms with E-state index in [0.717, 1.165) is 4.31 Å². The molecule has 1 aromatic heterocycles. The number of amides is 1. The number of aryl methyl sites for hydroxylation is 1. The lowest BCUT2D eigenvalue weighted by atomic mass is 10.0. The molecule has 0 fully saturated rings. The van der Waals surface area contributed by atoms with Crippen LogP contribution >= 0.6 is 11.3 Å². The van der Waals surface area contributed by atoms with E-state index in [4.69, 9.17) is 0 Å². The van der Waals surface area contributed by atoms with Gasteiger partial charge in [-0.15, -0.1) is 11.3 Å². The Morgan fingerprint density at radius 1 is 0.966 bits per heavy atom. The standard InChI is InChI=1S/C21H20N2O4S2/c1-14-10-11-15(13-19(14)29(26,27)23(2)3)22-21(25)17-8-5-4-7-16(17)20(24)18-9-6-12-28-18/h4-13H,1-3H3,(H,22,25). The van der Waals surface area contributed by atoms with Crippen molar-refractivity contribution in [3.63, 3.8) is 0 Å². The maximum absolute atomic E-state index is 12.9. The first kappa shape index (κ1) is 20.9. The molecule has 3 rings (SSSR count). The Kier molecular flexibility index (Phi) is 5.97. The highest BCUT2D eigenvalue weighted by Crippen LogP contribution is 2.24. The van der Waals surface area contributed by atoms with E-state index in [0.29, 0.717) is 21.7 Å². The molecular weight excluding hydrogens is 408 g/mol. The van der Waals surface area contributed by atoms with Crippen LogP contribution in [0.5, 0.6) is 0 Å². The number of hydrogen-bond acceptors (Lipinski definition) is 5. The quantitative estimate of drug-likeness (QED) is 0.606. The van der Waals surface area contributed by atoms with Crippen molar-refractivity contribution >= 4 is 38.7 Å². The highest BCUT2D eigenvalue weighted by atomic mass is 32.2. The van der Waals surface area contributed by atoms with Gasteiger partial charge in [0.25, 0.3) is 5.91 Å². The molecule has 8 heteroatoms. The molecule has 0 spiro atoms. The van der Waals surface area contributed by atoms with Crippen molar-refractivity contribution in [2.75, 3.05) is 19.4 Å². The topological polar surface area (TPSA) is 83.5 Å². The molecule has 0 saturated heterocycles. The SMILES string of the molecule is Cc1ccc(NC(=O)c2ccccc2C(=O)c2cccs2)cc1S(=O)(=O)N(C)C. The molecule has 6 nitrogen and oxygen atoms in total. The van der Waals surface area contributed by atoms with Gasteiger partial charge in [0.1, 0.15) is 0 Å². The summed E-state index contributed by atoms with van der Waals surface area (Å²) in [6.07, 6.45) is 0. The molecule has 0 radical (unpaired) electrons. The summed E-state index contributed by atoms with van der Waals surface area (Å²) < 4.78 is 26.1. The van der Waals surface area contributed by atoms with E-state index in [-0.39, 0.29) is 16.2 Å². The van der Waals surface area contributed by atoms with Gasteiger partial charge < -0.3 is 5.32 Å². The van der Waals surface area contributed by atoms with Crippen molar-refractivity contribution in [2.45, 2.75) is 11.8 Å². The fourth-order valence-electron chi connectivity index (χ4n) is 2.77. The maximum Gasteiger partial charge on any atom is 0.256 e. The van der Waals surface area contributed by atoms with Gasteiger partial charge in [-0.05, 0) is 42.1 Å². The minimum atomic E-state index is -3.65. The van der Waals surface area contributed by atoms with Crippen LogP contribution in [0.25, 0.3) is 0 Å². The maximum atomic E-state index is 12.9. The first-order valence-corrected chi connectivity index (χ1v) is 11.1. The van der Waals surface area contributed by atoms with Crippen LogP contribution in [0.4, 0.5) is 5.69 Å². The van der Waals surface area contributed by atoms with Gasteiger partial charge in [-0.3, -0.25) is 9.59 Å². The molecule has 0 unspecified atom stereocenters. The Balaban J connectivity index is 1.94. The third-order valence-electron chi connectivity index (χ3n) is 4.37. The van der Waals surface area contributed by atoms with Gasteiger partial charge in [-0.1, -0.05) is 30.3 Å². The van der Waals surface area contributed by atoms with E-state index in [2.05, 4.69) is 5.32 Å². The Labute approximate surface area is 173 Å². The zero-order valence-electron chi connectivity index (χ0n) is 16.2. The van der Waals surface area contributed by atoms with Crippen LogP contribution in [0.1, 0.15) is 31.2 Å². The Morgan fingerprint density at radius 3 is 2.28 bits per heavy atom. The number of anilines is 1. The molecule has 0 aliphatic carbocycles. The zero-order chi connectivity index (χ0) is 21.2. The van der Waals surface area contributed by atoms with Gasteiger partial charge >= 0.3 is 0 Å². The Hall–Kier alpha value is -2.81. The number of carbonyl (C=O) groups excluding carboxylic acids is 2. The second kappa shape index (κ2) is 8.28. The summed E-state index contributed by atoms with van der Waals surface area (Å²) in [5.41, 5.74) is 1.42. The molecule has 0 saturated carbocycles. The summed E-state index contributed by atoms with van der Waals surface area (Å²) in [5, 5.41) is 4.51. The van der Waals surface area contributed by atoms with Crippen molar-refractivity contribution in [1.29, 1.82) is 0 Å². The number of rotatable bonds is 6. The lowest BCUT2D eigenvalue weighted by Gasteiger charge is -2.15. The first-order valence-electron chi connectivity index (χ1n) is 8.73. The van der Waals surface area contributed by atoms with Gasteiger partial charge in [0.2, 0.25) is 15.8 Å². The number of ketones is 1. The summed E-state index contributed by atoms with van der Waals surface area (Å²) in [6, 6.07) is 14.7. The van der Waals surface area contributed by atoms with Crippen LogP contribution < -0.4 is 5.32 Å². The van der Waals surface area contributed by atoms with Crippen molar-refractivity contribution in [3.8, 4) is 0 Å². The smallest absolute Gasteiger partial charge is 0.256 e. The molecule has 0 aliphatic rings. The van der Waals surface area contributed by atoms with E-state index in [1.165, 1.54) is 31.5 Å². The van der Waals surface area contributed by atoms with Crippen LogP contribution in [0.3, 0.4) is 0 Å². The third-order valence-corrected chi connectivity index (χ3v) is 7.19. The number of nitrogens with zero attached hydrogens (tertiary/aromatic N) is 1. The van der Waals surface area contributed by atoms with Gasteiger partial charge in [0.05, 0.1) is 15.3 Å².